The Morgan fingerprint density at radius 3 is 2.14 bits per heavy atom. The highest BCUT2D eigenvalue weighted by Crippen LogP contribution is 2.23. The molecule has 1 aliphatic heterocycles. The molecule has 1 aliphatic rings. The number of nitrogens with zero attached hydrogens (tertiary/aromatic N) is 2. The number of carbonyl (C=O) groups excluding carboxylic acids is 1. The second-order valence-electron chi connectivity index (χ2n) is 8.19. The second-order valence-corrected chi connectivity index (χ2v) is 8.19. The summed E-state index contributed by atoms with van der Waals surface area (Å²) in [5, 5.41) is 9.40. The first-order valence-corrected chi connectivity index (χ1v) is 10.3. The molecule has 28 heavy (non-hydrogen) atoms. The molecule has 0 aromatic heterocycles. The van der Waals surface area contributed by atoms with Gasteiger partial charge in [0.1, 0.15) is 5.75 Å². The van der Waals surface area contributed by atoms with Crippen LogP contribution in [0.5, 0.6) is 5.75 Å². The first-order chi connectivity index (χ1) is 13.5. The van der Waals surface area contributed by atoms with Gasteiger partial charge in [0.05, 0.1) is 0 Å². The number of likely N-dealkylation sites (tertiary alicyclic amines) is 1. The van der Waals surface area contributed by atoms with E-state index in [2.05, 4.69) is 29.2 Å². The Hall–Kier alpha value is -2.33. The van der Waals surface area contributed by atoms with Crippen molar-refractivity contribution in [3.8, 4) is 5.75 Å². The lowest BCUT2D eigenvalue weighted by atomic mass is 9.89. The van der Waals surface area contributed by atoms with Crippen molar-refractivity contribution in [2.24, 2.45) is 5.92 Å². The summed E-state index contributed by atoms with van der Waals surface area (Å²) in [5.74, 6) is 1.26. The molecule has 2 aromatic carbocycles. The zero-order valence-electron chi connectivity index (χ0n) is 17.1. The molecule has 2 aromatic rings. The van der Waals surface area contributed by atoms with E-state index in [4.69, 9.17) is 0 Å². The number of benzene rings is 2. The van der Waals surface area contributed by atoms with Gasteiger partial charge in [0.15, 0.2) is 0 Å². The summed E-state index contributed by atoms with van der Waals surface area (Å²) in [7, 11) is 3.61. The zero-order chi connectivity index (χ0) is 19.9. The quantitative estimate of drug-likeness (QED) is 0.793. The number of rotatable bonds is 7. The third kappa shape index (κ3) is 6.10. The van der Waals surface area contributed by atoms with E-state index >= 15 is 0 Å². The van der Waals surface area contributed by atoms with Crippen molar-refractivity contribution < 1.29 is 9.90 Å². The number of amides is 1. The number of aromatic hydroxyl groups is 1. The van der Waals surface area contributed by atoms with Crippen LogP contribution in [0.15, 0.2) is 48.5 Å². The number of hydrogen-bond donors (Lipinski definition) is 1. The van der Waals surface area contributed by atoms with Gasteiger partial charge in [0.2, 0.25) is 5.91 Å². The molecule has 0 radical (unpaired) electrons. The Balaban J connectivity index is 1.41. The molecule has 0 bridgehead atoms. The summed E-state index contributed by atoms with van der Waals surface area (Å²) in [6.45, 7) is 3.24. The van der Waals surface area contributed by atoms with Crippen molar-refractivity contribution >= 4 is 5.91 Å². The molecule has 1 saturated heterocycles. The Labute approximate surface area is 168 Å². The van der Waals surface area contributed by atoms with Gasteiger partial charge >= 0.3 is 0 Å². The molecule has 1 N–H and O–H groups in total. The maximum absolute atomic E-state index is 11.7. The van der Waals surface area contributed by atoms with E-state index < -0.39 is 0 Å². The average Bonchev–Trinajstić information content (AvgIpc) is 2.70. The second kappa shape index (κ2) is 9.74. The third-order valence-corrected chi connectivity index (χ3v) is 5.72. The fraction of sp³-hybridized carbons (Fsp3) is 0.458. The molecule has 4 nitrogen and oxygen atoms in total. The van der Waals surface area contributed by atoms with Gasteiger partial charge < -0.3 is 10.0 Å². The average molecular weight is 381 g/mol. The number of hydrogen-bond acceptors (Lipinski definition) is 3. The van der Waals surface area contributed by atoms with Crippen LogP contribution in [0.4, 0.5) is 0 Å². The predicted octanol–water partition coefficient (Wildman–Crippen LogP) is 3.87. The summed E-state index contributed by atoms with van der Waals surface area (Å²) in [4.78, 5) is 15.9. The van der Waals surface area contributed by atoms with E-state index in [9.17, 15) is 9.90 Å². The SMILES string of the molecule is CN(C)C(=O)CCc1ccc(CC2CCN(Cc3ccc(O)cc3)CC2)cc1. The highest BCUT2D eigenvalue weighted by Gasteiger charge is 2.19. The van der Waals surface area contributed by atoms with E-state index in [0.29, 0.717) is 12.2 Å². The fourth-order valence-corrected chi connectivity index (χ4v) is 3.86. The van der Waals surface area contributed by atoms with Gasteiger partial charge in [0, 0.05) is 27.1 Å². The minimum atomic E-state index is 0.183. The van der Waals surface area contributed by atoms with Gasteiger partial charge in [0.25, 0.3) is 0 Å². The normalized spacial score (nSPS) is 15.5. The van der Waals surface area contributed by atoms with Gasteiger partial charge in [-0.1, -0.05) is 36.4 Å². The molecular weight excluding hydrogens is 348 g/mol. The predicted molar refractivity (Wildman–Crippen MR) is 113 cm³/mol. The standard InChI is InChI=1S/C24H32N2O2/c1-25(2)24(28)12-9-19-3-5-20(6-4-19)17-21-13-15-26(16-14-21)18-22-7-10-23(27)11-8-22/h3-8,10-11,21,27H,9,12-18H2,1-2H3. The summed E-state index contributed by atoms with van der Waals surface area (Å²) in [6.07, 6.45) is 5.00. The monoisotopic (exact) mass is 380 g/mol. The van der Waals surface area contributed by atoms with Gasteiger partial charge in [-0.05, 0) is 73.5 Å². The van der Waals surface area contributed by atoms with Crippen LogP contribution >= 0.6 is 0 Å². The number of phenolic OH excluding ortho intramolecular Hbond substituents is 1. The Kier molecular flexibility index (Phi) is 7.10. The molecule has 0 spiro atoms. The van der Waals surface area contributed by atoms with Gasteiger partial charge in [-0.15, -0.1) is 0 Å². The van der Waals surface area contributed by atoms with Crippen LogP contribution in [0.25, 0.3) is 0 Å². The number of phenols is 1. The lowest BCUT2D eigenvalue weighted by Crippen LogP contribution is -2.33. The van der Waals surface area contributed by atoms with Crippen LogP contribution < -0.4 is 0 Å². The van der Waals surface area contributed by atoms with E-state index in [1.807, 2.05) is 12.1 Å². The molecule has 0 aliphatic carbocycles. The Morgan fingerprint density at radius 2 is 1.54 bits per heavy atom. The van der Waals surface area contributed by atoms with Crippen molar-refractivity contribution in [2.45, 2.75) is 38.6 Å². The molecule has 150 valence electrons. The molecule has 0 unspecified atom stereocenters. The third-order valence-electron chi connectivity index (χ3n) is 5.72. The molecule has 3 rings (SSSR count). The fourth-order valence-electron chi connectivity index (χ4n) is 3.86. The van der Waals surface area contributed by atoms with Gasteiger partial charge in [-0.25, -0.2) is 0 Å². The minimum absolute atomic E-state index is 0.183. The molecule has 1 amide bonds. The van der Waals surface area contributed by atoms with Crippen LogP contribution in [0.1, 0.15) is 36.0 Å². The van der Waals surface area contributed by atoms with E-state index in [-0.39, 0.29) is 5.91 Å². The number of carbonyl (C=O) groups is 1. The molecule has 4 heteroatoms. The minimum Gasteiger partial charge on any atom is -0.508 e. The first-order valence-electron chi connectivity index (χ1n) is 10.3. The Morgan fingerprint density at radius 1 is 0.964 bits per heavy atom. The Bertz CT molecular complexity index is 745. The first kappa shape index (κ1) is 20.4. The number of piperidine rings is 1. The summed E-state index contributed by atoms with van der Waals surface area (Å²) < 4.78 is 0. The highest BCUT2D eigenvalue weighted by molar-refractivity contribution is 5.75. The smallest absolute Gasteiger partial charge is 0.222 e. The van der Waals surface area contributed by atoms with E-state index in [0.717, 1.165) is 38.4 Å². The molecule has 0 saturated carbocycles. The topological polar surface area (TPSA) is 43.8 Å². The van der Waals surface area contributed by atoms with Crippen LogP contribution in [-0.4, -0.2) is 48.0 Å². The maximum Gasteiger partial charge on any atom is 0.222 e. The highest BCUT2D eigenvalue weighted by atomic mass is 16.3. The van der Waals surface area contributed by atoms with Crippen LogP contribution in [0, 0.1) is 5.92 Å². The number of aryl methyl sites for hydroxylation is 1. The van der Waals surface area contributed by atoms with Crippen molar-refractivity contribution in [1.82, 2.24) is 9.80 Å². The van der Waals surface area contributed by atoms with Crippen molar-refractivity contribution in [3.63, 3.8) is 0 Å². The van der Waals surface area contributed by atoms with Gasteiger partial charge in [-0.3, -0.25) is 9.69 Å². The summed E-state index contributed by atoms with van der Waals surface area (Å²) in [6, 6.07) is 16.4. The van der Waals surface area contributed by atoms with E-state index in [1.54, 1.807) is 31.1 Å². The van der Waals surface area contributed by atoms with Crippen molar-refractivity contribution in [1.29, 1.82) is 0 Å². The van der Waals surface area contributed by atoms with Crippen LogP contribution in [0.2, 0.25) is 0 Å². The summed E-state index contributed by atoms with van der Waals surface area (Å²) >= 11 is 0. The largest absolute Gasteiger partial charge is 0.508 e. The van der Waals surface area contributed by atoms with Crippen LogP contribution in [-0.2, 0) is 24.2 Å². The van der Waals surface area contributed by atoms with Crippen molar-refractivity contribution in [3.05, 3.63) is 65.2 Å². The van der Waals surface area contributed by atoms with Crippen LogP contribution in [0.3, 0.4) is 0 Å². The van der Waals surface area contributed by atoms with E-state index in [1.165, 1.54) is 29.5 Å². The lowest BCUT2D eigenvalue weighted by molar-refractivity contribution is -0.128. The molecule has 0 atom stereocenters. The zero-order valence-corrected chi connectivity index (χ0v) is 17.1. The molecule has 1 heterocycles. The molecular formula is C24H32N2O2. The summed E-state index contributed by atoms with van der Waals surface area (Å²) in [5.41, 5.74) is 3.90. The molecule has 1 fully saturated rings. The van der Waals surface area contributed by atoms with Gasteiger partial charge in [-0.2, -0.15) is 0 Å². The lowest BCUT2D eigenvalue weighted by Gasteiger charge is -2.32. The van der Waals surface area contributed by atoms with Crippen molar-refractivity contribution in [2.75, 3.05) is 27.2 Å². The maximum atomic E-state index is 11.7.